The molecular formula is C14H16FN. The van der Waals surface area contributed by atoms with E-state index in [0.717, 1.165) is 5.92 Å². The van der Waals surface area contributed by atoms with Crippen LogP contribution in [0.5, 0.6) is 0 Å². The van der Waals surface area contributed by atoms with Crippen LogP contribution >= 0.6 is 0 Å². The molecule has 0 atom stereocenters. The Balaban J connectivity index is 1.54. The molecule has 0 aromatic heterocycles. The van der Waals surface area contributed by atoms with Gasteiger partial charge in [-0.2, -0.15) is 0 Å². The Bertz CT molecular complexity index is 413. The van der Waals surface area contributed by atoms with Crippen molar-refractivity contribution in [3.05, 3.63) is 35.6 Å². The maximum atomic E-state index is 12.9. The van der Waals surface area contributed by atoms with E-state index >= 15 is 0 Å². The van der Waals surface area contributed by atoms with Gasteiger partial charge in [-0.15, -0.1) is 0 Å². The predicted molar refractivity (Wildman–Crippen MR) is 60.7 cm³/mol. The van der Waals surface area contributed by atoms with E-state index in [0.29, 0.717) is 10.8 Å². The molecule has 0 amide bonds. The standard InChI is InChI=1S/C14H16FN/c15-12-3-1-10(2-4-12)13-7-14(8-13,9-13)11-5-16-6-11/h1-4,11,16H,5-9H2. The van der Waals surface area contributed by atoms with Gasteiger partial charge in [-0.25, -0.2) is 4.39 Å². The third kappa shape index (κ3) is 0.945. The number of benzene rings is 1. The van der Waals surface area contributed by atoms with Gasteiger partial charge in [0.15, 0.2) is 0 Å². The first-order valence-electron chi connectivity index (χ1n) is 6.19. The van der Waals surface area contributed by atoms with Crippen molar-refractivity contribution in [3.63, 3.8) is 0 Å². The van der Waals surface area contributed by atoms with E-state index in [4.69, 9.17) is 0 Å². The van der Waals surface area contributed by atoms with Crippen molar-refractivity contribution < 1.29 is 4.39 Å². The summed E-state index contributed by atoms with van der Waals surface area (Å²) < 4.78 is 12.9. The van der Waals surface area contributed by atoms with Gasteiger partial charge in [-0.1, -0.05) is 12.1 Å². The first-order valence-corrected chi connectivity index (χ1v) is 6.19. The average Bonchev–Trinajstić information content (AvgIpc) is 2.07. The molecule has 16 heavy (non-hydrogen) atoms. The Morgan fingerprint density at radius 2 is 1.69 bits per heavy atom. The van der Waals surface area contributed by atoms with Crippen molar-refractivity contribution in [1.82, 2.24) is 5.32 Å². The van der Waals surface area contributed by atoms with Crippen LogP contribution in [-0.4, -0.2) is 13.1 Å². The lowest BCUT2D eigenvalue weighted by molar-refractivity contribution is -0.191. The van der Waals surface area contributed by atoms with Crippen LogP contribution in [0.15, 0.2) is 24.3 Å². The molecule has 1 aromatic rings. The second-order valence-electron chi connectivity index (χ2n) is 6.04. The molecule has 1 heterocycles. The molecule has 0 unspecified atom stereocenters. The first-order chi connectivity index (χ1) is 7.73. The minimum absolute atomic E-state index is 0.117. The molecule has 1 aliphatic heterocycles. The van der Waals surface area contributed by atoms with Crippen LogP contribution in [0.4, 0.5) is 4.39 Å². The van der Waals surface area contributed by atoms with Crippen molar-refractivity contribution in [2.45, 2.75) is 24.7 Å². The summed E-state index contributed by atoms with van der Waals surface area (Å²) in [6, 6.07) is 7.18. The summed E-state index contributed by atoms with van der Waals surface area (Å²) in [5.41, 5.74) is 2.46. The maximum absolute atomic E-state index is 12.9. The van der Waals surface area contributed by atoms with Gasteiger partial charge in [0, 0.05) is 0 Å². The monoisotopic (exact) mass is 217 g/mol. The third-order valence-corrected chi connectivity index (χ3v) is 5.18. The van der Waals surface area contributed by atoms with Crippen molar-refractivity contribution in [2.75, 3.05) is 13.1 Å². The van der Waals surface area contributed by atoms with Crippen molar-refractivity contribution in [3.8, 4) is 0 Å². The minimum atomic E-state index is -0.117. The zero-order chi connectivity index (χ0) is 10.8. The van der Waals surface area contributed by atoms with Crippen LogP contribution in [0.2, 0.25) is 0 Å². The maximum Gasteiger partial charge on any atom is 0.123 e. The predicted octanol–water partition coefficient (Wildman–Crippen LogP) is 2.47. The molecule has 2 heteroatoms. The number of nitrogens with one attached hydrogen (secondary N) is 1. The van der Waals surface area contributed by atoms with Crippen LogP contribution in [-0.2, 0) is 5.41 Å². The first kappa shape index (κ1) is 9.17. The van der Waals surface area contributed by atoms with E-state index < -0.39 is 0 Å². The van der Waals surface area contributed by atoms with Crippen LogP contribution in [0, 0.1) is 17.2 Å². The Kier molecular flexibility index (Phi) is 1.53. The summed E-state index contributed by atoms with van der Waals surface area (Å²) >= 11 is 0. The van der Waals surface area contributed by atoms with Crippen LogP contribution in [0.1, 0.15) is 24.8 Å². The SMILES string of the molecule is Fc1ccc(C23CC(C4CNC4)(C2)C3)cc1. The van der Waals surface area contributed by atoms with Gasteiger partial charge in [0.05, 0.1) is 0 Å². The topological polar surface area (TPSA) is 12.0 Å². The van der Waals surface area contributed by atoms with E-state index in [9.17, 15) is 4.39 Å². The molecule has 4 aliphatic rings. The van der Waals surface area contributed by atoms with Gasteiger partial charge in [0.2, 0.25) is 0 Å². The van der Waals surface area contributed by atoms with Gasteiger partial charge in [0.25, 0.3) is 0 Å². The van der Waals surface area contributed by atoms with Crippen LogP contribution < -0.4 is 5.32 Å². The quantitative estimate of drug-likeness (QED) is 0.802. The molecule has 1 aromatic carbocycles. The third-order valence-electron chi connectivity index (χ3n) is 5.18. The highest BCUT2D eigenvalue weighted by atomic mass is 19.1. The molecule has 0 radical (unpaired) electrons. The van der Waals surface area contributed by atoms with E-state index in [1.54, 1.807) is 12.1 Å². The Morgan fingerprint density at radius 3 is 2.19 bits per heavy atom. The fraction of sp³-hybridized carbons (Fsp3) is 0.571. The highest BCUT2D eigenvalue weighted by molar-refractivity contribution is 5.39. The lowest BCUT2D eigenvalue weighted by atomic mass is 9.30. The molecule has 3 saturated carbocycles. The summed E-state index contributed by atoms with van der Waals surface area (Å²) in [5, 5.41) is 3.37. The van der Waals surface area contributed by atoms with Gasteiger partial charge in [0.1, 0.15) is 5.82 Å². The highest BCUT2D eigenvalue weighted by Crippen LogP contribution is 2.76. The smallest absolute Gasteiger partial charge is 0.123 e. The lowest BCUT2D eigenvalue weighted by Gasteiger charge is -2.75. The molecule has 1 nitrogen and oxygen atoms in total. The number of rotatable bonds is 2. The zero-order valence-electron chi connectivity index (χ0n) is 9.30. The Hall–Kier alpha value is -0.890. The molecule has 5 rings (SSSR count). The average molecular weight is 217 g/mol. The summed E-state index contributed by atoms with van der Waals surface area (Å²) in [6.45, 7) is 2.44. The van der Waals surface area contributed by atoms with Gasteiger partial charge in [-0.3, -0.25) is 0 Å². The number of hydrogen-bond acceptors (Lipinski definition) is 1. The highest BCUT2D eigenvalue weighted by Gasteiger charge is 2.70. The van der Waals surface area contributed by atoms with Gasteiger partial charge < -0.3 is 5.32 Å². The molecule has 1 N–H and O–H groups in total. The van der Waals surface area contributed by atoms with E-state index in [-0.39, 0.29) is 5.82 Å². The van der Waals surface area contributed by atoms with Gasteiger partial charge in [-0.05, 0) is 66.8 Å². The fourth-order valence-electron chi connectivity index (χ4n) is 4.13. The Morgan fingerprint density at radius 1 is 1.06 bits per heavy atom. The summed E-state index contributed by atoms with van der Waals surface area (Å²) in [7, 11) is 0. The Labute approximate surface area is 95.0 Å². The molecule has 84 valence electrons. The largest absolute Gasteiger partial charge is 0.316 e. The second kappa shape index (κ2) is 2.67. The molecule has 4 fully saturated rings. The molecular weight excluding hydrogens is 201 g/mol. The zero-order valence-corrected chi connectivity index (χ0v) is 9.30. The van der Waals surface area contributed by atoms with Crippen LogP contribution in [0.25, 0.3) is 0 Å². The summed E-state index contributed by atoms with van der Waals surface area (Å²) in [6.07, 6.45) is 4.04. The summed E-state index contributed by atoms with van der Waals surface area (Å²) in [4.78, 5) is 0. The minimum Gasteiger partial charge on any atom is -0.316 e. The number of hydrogen-bond donors (Lipinski definition) is 1. The van der Waals surface area contributed by atoms with Crippen LogP contribution in [0.3, 0.4) is 0 Å². The normalized spacial score (nSPS) is 40.8. The van der Waals surface area contributed by atoms with Gasteiger partial charge >= 0.3 is 0 Å². The molecule has 1 saturated heterocycles. The number of halogens is 1. The van der Waals surface area contributed by atoms with Crippen molar-refractivity contribution in [2.24, 2.45) is 11.3 Å². The fourth-order valence-corrected chi connectivity index (χ4v) is 4.13. The molecule has 3 aliphatic carbocycles. The molecule has 0 spiro atoms. The van der Waals surface area contributed by atoms with E-state index in [1.165, 1.54) is 37.9 Å². The van der Waals surface area contributed by atoms with Crippen molar-refractivity contribution in [1.29, 1.82) is 0 Å². The summed E-state index contributed by atoms with van der Waals surface area (Å²) in [5.74, 6) is 0.808. The second-order valence-corrected chi connectivity index (χ2v) is 6.04. The van der Waals surface area contributed by atoms with E-state index in [1.807, 2.05) is 12.1 Å². The van der Waals surface area contributed by atoms with Crippen molar-refractivity contribution >= 4 is 0 Å². The lowest BCUT2D eigenvalue weighted by Crippen LogP contribution is -2.72. The van der Waals surface area contributed by atoms with E-state index in [2.05, 4.69) is 5.32 Å². The molecule has 2 bridgehead atoms.